The van der Waals surface area contributed by atoms with Crippen molar-refractivity contribution >= 4 is 45.4 Å². The average Bonchev–Trinajstić information content (AvgIpc) is 2.81. The van der Waals surface area contributed by atoms with E-state index in [9.17, 15) is 0 Å². The van der Waals surface area contributed by atoms with E-state index in [1.165, 1.54) is 11.3 Å². The number of nitrogens with two attached hydrogens (primary N) is 1. The summed E-state index contributed by atoms with van der Waals surface area (Å²) in [5.41, 5.74) is 7.37. The van der Waals surface area contributed by atoms with Crippen molar-refractivity contribution in [3.05, 3.63) is 33.6 Å². The van der Waals surface area contributed by atoms with Crippen molar-refractivity contribution in [3.63, 3.8) is 0 Å². The summed E-state index contributed by atoms with van der Waals surface area (Å²) in [7, 11) is 0. The summed E-state index contributed by atoms with van der Waals surface area (Å²) in [6, 6.07) is 5.43. The van der Waals surface area contributed by atoms with E-state index < -0.39 is 0 Å². The summed E-state index contributed by atoms with van der Waals surface area (Å²) in [4.78, 5) is 4.84. The molecule has 0 aliphatic rings. The summed E-state index contributed by atoms with van der Waals surface area (Å²) in [6.45, 7) is 0. The normalized spacial score (nSPS) is 11.2. The molecule has 17 heavy (non-hydrogen) atoms. The van der Waals surface area contributed by atoms with Crippen molar-refractivity contribution in [3.8, 4) is 11.3 Å². The Hall–Kier alpha value is -1.30. The maximum absolute atomic E-state index is 5.99. The number of hydrogen-bond donors (Lipinski definition) is 1. The monoisotopic (exact) mass is 284 g/mol. The topological polar surface area (TPSA) is 56.2 Å². The summed E-state index contributed by atoms with van der Waals surface area (Å²) in [5.74, 6) is 0.262. The summed E-state index contributed by atoms with van der Waals surface area (Å²) < 4.78 is 1.69. The van der Waals surface area contributed by atoms with Gasteiger partial charge in [-0.05, 0) is 12.1 Å². The van der Waals surface area contributed by atoms with Gasteiger partial charge in [-0.2, -0.15) is 4.98 Å². The number of benzene rings is 1. The van der Waals surface area contributed by atoms with Crippen molar-refractivity contribution in [2.45, 2.75) is 0 Å². The van der Waals surface area contributed by atoms with Gasteiger partial charge in [-0.1, -0.05) is 29.3 Å². The van der Waals surface area contributed by atoms with Crippen molar-refractivity contribution in [2.75, 3.05) is 5.73 Å². The molecule has 0 saturated heterocycles. The lowest BCUT2D eigenvalue weighted by atomic mass is 10.2. The minimum Gasteiger partial charge on any atom is -0.366 e. The van der Waals surface area contributed by atoms with Gasteiger partial charge in [0.1, 0.15) is 0 Å². The highest BCUT2D eigenvalue weighted by molar-refractivity contribution is 7.15. The van der Waals surface area contributed by atoms with Crippen molar-refractivity contribution in [1.29, 1.82) is 0 Å². The molecular weight excluding hydrogens is 279 g/mol. The first kappa shape index (κ1) is 10.8. The summed E-state index contributed by atoms with van der Waals surface area (Å²) in [5, 5.41) is 7.11. The Bertz CT molecular complexity index is 703. The Morgan fingerprint density at radius 3 is 2.82 bits per heavy atom. The van der Waals surface area contributed by atoms with Gasteiger partial charge in [-0.15, -0.1) is 16.4 Å². The van der Waals surface area contributed by atoms with Crippen LogP contribution >= 0.6 is 34.5 Å². The Balaban J connectivity index is 2.22. The second-order valence-corrected chi connectivity index (χ2v) is 5.07. The molecule has 0 aliphatic carbocycles. The minimum absolute atomic E-state index is 0.262. The first-order valence-corrected chi connectivity index (χ1v) is 6.34. The zero-order valence-corrected chi connectivity index (χ0v) is 10.7. The molecule has 0 radical (unpaired) electrons. The number of halogens is 2. The zero-order valence-electron chi connectivity index (χ0n) is 8.39. The van der Waals surface area contributed by atoms with Gasteiger partial charge in [0.2, 0.25) is 10.9 Å². The highest BCUT2D eigenvalue weighted by Gasteiger charge is 2.11. The van der Waals surface area contributed by atoms with E-state index in [0.717, 1.165) is 16.2 Å². The fourth-order valence-corrected chi connectivity index (χ4v) is 2.69. The van der Waals surface area contributed by atoms with Crippen LogP contribution in [0.5, 0.6) is 0 Å². The highest BCUT2D eigenvalue weighted by atomic mass is 35.5. The molecule has 2 aromatic heterocycles. The van der Waals surface area contributed by atoms with Crippen LogP contribution in [0.2, 0.25) is 10.0 Å². The van der Waals surface area contributed by atoms with E-state index in [4.69, 9.17) is 28.9 Å². The first-order valence-electron chi connectivity index (χ1n) is 4.70. The Kier molecular flexibility index (Phi) is 2.47. The lowest BCUT2D eigenvalue weighted by Crippen LogP contribution is -1.91. The largest absolute Gasteiger partial charge is 0.366 e. The zero-order chi connectivity index (χ0) is 12.0. The fraction of sp³-hybridized carbons (Fsp3) is 0. The maximum atomic E-state index is 5.99. The molecule has 0 spiro atoms. The maximum Gasteiger partial charge on any atom is 0.241 e. The second-order valence-electron chi connectivity index (χ2n) is 3.41. The van der Waals surface area contributed by atoms with Crippen LogP contribution in [0.4, 0.5) is 5.95 Å². The average molecular weight is 285 g/mol. The molecule has 0 atom stereocenters. The first-order chi connectivity index (χ1) is 8.15. The SMILES string of the molecule is Nc1nc2scc(-c3ccc(Cl)c(Cl)c3)n2n1. The van der Waals surface area contributed by atoms with E-state index >= 15 is 0 Å². The number of anilines is 1. The van der Waals surface area contributed by atoms with Crippen LogP contribution in [0, 0.1) is 0 Å². The van der Waals surface area contributed by atoms with Gasteiger partial charge in [0.15, 0.2) is 0 Å². The molecule has 3 rings (SSSR count). The molecular formula is C10H6Cl2N4S. The van der Waals surface area contributed by atoms with Gasteiger partial charge < -0.3 is 5.73 Å². The van der Waals surface area contributed by atoms with E-state index in [-0.39, 0.29) is 5.95 Å². The molecule has 0 saturated carbocycles. The molecule has 0 fully saturated rings. The van der Waals surface area contributed by atoms with E-state index in [1.54, 1.807) is 16.6 Å². The van der Waals surface area contributed by atoms with Gasteiger partial charge in [-0.3, -0.25) is 0 Å². The molecule has 4 nitrogen and oxygen atoms in total. The van der Waals surface area contributed by atoms with Crippen molar-refractivity contribution in [2.24, 2.45) is 0 Å². The third-order valence-corrected chi connectivity index (χ3v) is 3.87. The number of nitrogen functional groups attached to an aromatic ring is 1. The van der Waals surface area contributed by atoms with Gasteiger partial charge in [0.25, 0.3) is 0 Å². The van der Waals surface area contributed by atoms with Crippen LogP contribution in [-0.2, 0) is 0 Å². The minimum atomic E-state index is 0.262. The number of fused-ring (bicyclic) bond motifs is 1. The predicted octanol–water partition coefficient (Wildman–Crippen LogP) is 3.35. The molecule has 2 heterocycles. The van der Waals surface area contributed by atoms with Gasteiger partial charge in [0, 0.05) is 10.9 Å². The molecule has 0 aliphatic heterocycles. The number of thiazole rings is 1. The van der Waals surface area contributed by atoms with E-state index in [1.807, 2.05) is 11.4 Å². The van der Waals surface area contributed by atoms with Gasteiger partial charge >= 0.3 is 0 Å². The van der Waals surface area contributed by atoms with Crippen LogP contribution in [0.1, 0.15) is 0 Å². The number of aromatic nitrogens is 3. The van der Waals surface area contributed by atoms with E-state index in [2.05, 4.69) is 10.1 Å². The van der Waals surface area contributed by atoms with Crippen molar-refractivity contribution < 1.29 is 0 Å². The van der Waals surface area contributed by atoms with Crippen molar-refractivity contribution in [1.82, 2.24) is 14.6 Å². The lowest BCUT2D eigenvalue weighted by Gasteiger charge is -2.01. The molecule has 1 aromatic carbocycles. The predicted molar refractivity (Wildman–Crippen MR) is 70.7 cm³/mol. The van der Waals surface area contributed by atoms with Crippen LogP contribution in [0.3, 0.4) is 0 Å². The smallest absolute Gasteiger partial charge is 0.241 e. The Morgan fingerprint density at radius 2 is 2.06 bits per heavy atom. The molecule has 0 amide bonds. The molecule has 2 N–H and O–H groups in total. The standard InChI is InChI=1S/C10H6Cl2N4S/c11-6-2-1-5(3-7(6)12)8-4-17-10-14-9(13)15-16(8)10/h1-4H,(H2,13,15). The number of nitrogens with zero attached hydrogens (tertiary/aromatic N) is 3. The van der Waals surface area contributed by atoms with E-state index in [0.29, 0.717) is 10.0 Å². The fourth-order valence-electron chi connectivity index (χ4n) is 1.55. The number of rotatable bonds is 1. The van der Waals surface area contributed by atoms with Crippen LogP contribution in [-0.4, -0.2) is 14.6 Å². The van der Waals surface area contributed by atoms with Gasteiger partial charge in [0.05, 0.1) is 15.7 Å². The molecule has 7 heteroatoms. The van der Waals surface area contributed by atoms with Gasteiger partial charge in [-0.25, -0.2) is 4.52 Å². The molecule has 86 valence electrons. The van der Waals surface area contributed by atoms with Crippen LogP contribution in [0.15, 0.2) is 23.6 Å². The summed E-state index contributed by atoms with van der Waals surface area (Å²) >= 11 is 13.3. The molecule has 0 bridgehead atoms. The highest BCUT2D eigenvalue weighted by Crippen LogP contribution is 2.30. The third kappa shape index (κ3) is 1.76. The van der Waals surface area contributed by atoms with Crippen LogP contribution in [0.25, 0.3) is 16.2 Å². The van der Waals surface area contributed by atoms with Crippen LogP contribution < -0.4 is 5.73 Å². The Morgan fingerprint density at radius 1 is 1.24 bits per heavy atom. The quantitative estimate of drug-likeness (QED) is 0.746. The lowest BCUT2D eigenvalue weighted by molar-refractivity contribution is 0.992. The Labute approximate surface area is 111 Å². The third-order valence-electron chi connectivity index (χ3n) is 2.31. The second kappa shape index (κ2) is 3.87. The number of hydrogen-bond acceptors (Lipinski definition) is 4. The molecule has 3 aromatic rings. The molecule has 0 unspecified atom stereocenters. The summed E-state index contributed by atoms with van der Waals surface area (Å²) in [6.07, 6.45) is 0.